The van der Waals surface area contributed by atoms with Gasteiger partial charge in [-0.1, -0.05) is 54.1 Å². The fourth-order valence-corrected chi connectivity index (χ4v) is 4.25. The number of aryl methyl sites for hydroxylation is 3. The number of carbonyl (C=O) groups is 1. The maximum atomic E-state index is 13.2. The molecule has 0 unspecified atom stereocenters. The molecule has 2 aromatic heterocycles. The Bertz CT molecular complexity index is 1320. The van der Waals surface area contributed by atoms with E-state index in [1.165, 1.54) is 10.2 Å². The van der Waals surface area contributed by atoms with Gasteiger partial charge in [0.15, 0.2) is 0 Å². The second kappa shape index (κ2) is 10.0. The van der Waals surface area contributed by atoms with Crippen LogP contribution < -0.4 is 10.9 Å². The van der Waals surface area contributed by atoms with Gasteiger partial charge in [-0.3, -0.25) is 9.59 Å². The summed E-state index contributed by atoms with van der Waals surface area (Å²) in [7, 11) is 0. The lowest BCUT2D eigenvalue weighted by Gasteiger charge is -2.09. The van der Waals surface area contributed by atoms with Gasteiger partial charge < -0.3 is 9.88 Å². The summed E-state index contributed by atoms with van der Waals surface area (Å²) in [5, 5.41) is 9.27. The van der Waals surface area contributed by atoms with Crippen molar-refractivity contribution in [3.05, 3.63) is 98.7 Å². The van der Waals surface area contributed by atoms with Gasteiger partial charge >= 0.3 is 0 Å². The van der Waals surface area contributed by atoms with Crippen molar-refractivity contribution in [1.29, 1.82) is 0 Å². The maximum absolute atomic E-state index is 13.2. The Morgan fingerprint density at radius 1 is 1.00 bits per heavy atom. The molecule has 0 atom stereocenters. The number of halogens is 1. The van der Waals surface area contributed by atoms with Gasteiger partial charge in [0, 0.05) is 34.9 Å². The summed E-state index contributed by atoms with van der Waals surface area (Å²) < 4.78 is 3.35. The standard InChI is InChI=1S/C26H27ClN4O2/c1-18-23-15-29-31(17-24(32)28-14-6-9-20-7-4-3-5-8-20)26(33)25(23)19(2)30(18)16-21-10-12-22(27)13-11-21/h3-5,7-8,10-13,15H,6,9,14,16-17H2,1-2H3,(H,28,32). The monoisotopic (exact) mass is 462 g/mol. The first-order valence-corrected chi connectivity index (χ1v) is 11.4. The Labute approximate surface area is 197 Å². The zero-order valence-electron chi connectivity index (χ0n) is 18.8. The smallest absolute Gasteiger partial charge is 0.276 e. The molecule has 0 aliphatic carbocycles. The molecule has 2 heterocycles. The molecule has 0 radical (unpaired) electrons. The van der Waals surface area contributed by atoms with E-state index in [0.29, 0.717) is 23.5 Å². The highest BCUT2D eigenvalue weighted by Crippen LogP contribution is 2.23. The number of rotatable bonds is 8. The van der Waals surface area contributed by atoms with E-state index in [1.807, 2.05) is 56.3 Å². The number of carbonyl (C=O) groups excluding carboxylic acids is 1. The van der Waals surface area contributed by atoms with Crippen molar-refractivity contribution >= 4 is 28.3 Å². The van der Waals surface area contributed by atoms with Crippen LogP contribution in [0.3, 0.4) is 0 Å². The molecule has 0 saturated heterocycles. The second-order valence-electron chi connectivity index (χ2n) is 8.22. The molecule has 0 fully saturated rings. The SMILES string of the molecule is Cc1c2cnn(CC(=O)NCCCc3ccccc3)c(=O)c2c(C)n1Cc1ccc(Cl)cc1. The summed E-state index contributed by atoms with van der Waals surface area (Å²) in [5.74, 6) is -0.216. The van der Waals surface area contributed by atoms with E-state index >= 15 is 0 Å². The minimum Gasteiger partial charge on any atom is -0.354 e. The van der Waals surface area contributed by atoms with Gasteiger partial charge in [0.1, 0.15) is 6.54 Å². The summed E-state index contributed by atoms with van der Waals surface area (Å²) in [6.07, 6.45) is 3.41. The Balaban J connectivity index is 1.46. The van der Waals surface area contributed by atoms with Crippen molar-refractivity contribution < 1.29 is 4.79 Å². The minimum absolute atomic E-state index is 0.0963. The first-order chi connectivity index (χ1) is 15.9. The highest BCUT2D eigenvalue weighted by Gasteiger charge is 2.17. The van der Waals surface area contributed by atoms with Crippen LogP contribution in [0.1, 0.15) is 28.9 Å². The van der Waals surface area contributed by atoms with E-state index in [4.69, 9.17) is 11.6 Å². The van der Waals surface area contributed by atoms with Crippen molar-refractivity contribution in [3.8, 4) is 0 Å². The van der Waals surface area contributed by atoms with Gasteiger partial charge in [-0.2, -0.15) is 5.10 Å². The molecule has 4 aromatic rings. The number of nitrogens with zero attached hydrogens (tertiary/aromatic N) is 3. The second-order valence-corrected chi connectivity index (χ2v) is 8.66. The minimum atomic E-state index is -0.248. The lowest BCUT2D eigenvalue weighted by atomic mass is 10.1. The van der Waals surface area contributed by atoms with Crippen LogP contribution in [0.15, 0.2) is 65.6 Å². The Morgan fingerprint density at radius 2 is 1.73 bits per heavy atom. The Hall–Kier alpha value is -3.38. The van der Waals surface area contributed by atoms with Gasteiger partial charge in [0.25, 0.3) is 5.56 Å². The summed E-state index contributed by atoms with van der Waals surface area (Å²) in [5.41, 5.74) is 3.92. The van der Waals surface area contributed by atoms with Crippen molar-refractivity contribution in [2.75, 3.05) is 6.54 Å². The number of nitrogens with one attached hydrogen (secondary N) is 1. The van der Waals surface area contributed by atoms with Crippen LogP contribution >= 0.6 is 11.6 Å². The molecular formula is C26H27ClN4O2. The largest absolute Gasteiger partial charge is 0.354 e. The molecule has 0 aliphatic heterocycles. The molecule has 0 spiro atoms. The molecular weight excluding hydrogens is 436 g/mol. The Morgan fingerprint density at radius 3 is 2.45 bits per heavy atom. The van der Waals surface area contributed by atoms with Crippen LogP contribution in [-0.4, -0.2) is 26.8 Å². The van der Waals surface area contributed by atoms with Crippen LogP contribution in [0.4, 0.5) is 0 Å². The highest BCUT2D eigenvalue weighted by molar-refractivity contribution is 6.30. The molecule has 1 amide bonds. The topological polar surface area (TPSA) is 68.9 Å². The number of hydrogen-bond donors (Lipinski definition) is 1. The predicted molar refractivity (Wildman–Crippen MR) is 132 cm³/mol. The van der Waals surface area contributed by atoms with Gasteiger partial charge in [-0.05, 0) is 49.9 Å². The van der Waals surface area contributed by atoms with E-state index < -0.39 is 0 Å². The van der Waals surface area contributed by atoms with Gasteiger partial charge in [-0.25, -0.2) is 4.68 Å². The summed E-state index contributed by atoms with van der Waals surface area (Å²) in [6.45, 7) is 5.00. The van der Waals surface area contributed by atoms with Crippen molar-refractivity contribution in [3.63, 3.8) is 0 Å². The van der Waals surface area contributed by atoms with E-state index in [2.05, 4.69) is 27.1 Å². The molecule has 2 aromatic carbocycles. The van der Waals surface area contributed by atoms with E-state index in [0.717, 1.165) is 35.2 Å². The fraction of sp³-hybridized carbons (Fsp3) is 0.269. The number of hydrogen-bond acceptors (Lipinski definition) is 3. The number of aromatic nitrogens is 3. The average Bonchev–Trinajstić information content (AvgIpc) is 3.05. The molecule has 7 heteroatoms. The summed E-state index contributed by atoms with van der Waals surface area (Å²) in [4.78, 5) is 25.6. The molecule has 0 aliphatic rings. The van der Waals surface area contributed by atoms with E-state index in [-0.39, 0.29) is 18.0 Å². The van der Waals surface area contributed by atoms with Crippen LogP contribution in [0.5, 0.6) is 0 Å². The summed E-state index contributed by atoms with van der Waals surface area (Å²) in [6, 6.07) is 17.8. The van der Waals surface area contributed by atoms with Crippen molar-refractivity contribution in [2.45, 2.75) is 39.8 Å². The molecule has 6 nitrogen and oxygen atoms in total. The first-order valence-electron chi connectivity index (χ1n) is 11.0. The third kappa shape index (κ3) is 5.17. The molecule has 33 heavy (non-hydrogen) atoms. The first kappa shape index (κ1) is 22.8. The quantitative estimate of drug-likeness (QED) is 0.398. The lowest BCUT2D eigenvalue weighted by molar-refractivity contribution is -0.121. The van der Waals surface area contributed by atoms with E-state index in [1.54, 1.807) is 6.20 Å². The lowest BCUT2D eigenvalue weighted by Crippen LogP contribution is -2.34. The predicted octanol–water partition coefficient (Wildman–Crippen LogP) is 4.27. The zero-order chi connectivity index (χ0) is 23.4. The third-order valence-corrected chi connectivity index (χ3v) is 6.21. The van der Waals surface area contributed by atoms with Gasteiger partial charge in [-0.15, -0.1) is 0 Å². The van der Waals surface area contributed by atoms with Gasteiger partial charge in [0.05, 0.1) is 11.6 Å². The molecule has 170 valence electrons. The number of amides is 1. The van der Waals surface area contributed by atoms with Crippen LogP contribution in [-0.2, 0) is 24.3 Å². The molecule has 0 saturated carbocycles. The fourth-order valence-electron chi connectivity index (χ4n) is 4.12. The van der Waals surface area contributed by atoms with Gasteiger partial charge in [0.2, 0.25) is 5.91 Å². The molecule has 1 N–H and O–H groups in total. The van der Waals surface area contributed by atoms with Crippen LogP contribution in [0.25, 0.3) is 10.8 Å². The Kier molecular flexibility index (Phi) is 6.94. The number of benzene rings is 2. The molecule has 0 bridgehead atoms. The normalized spacial score (nSPS) is 11.1. The zero-order valence-corrected chi connectivity index (χ0v) is 19.6. The average molecular weight is 463 g/mol. The van der Waals surface area contributed by atoms with Crippen LogP contribution in [0.2, 0.25) is 5.02 Å². The number of fused-ring (bicyclic) bond motifs is 1. The third-order valence-electron chi connectivity index (χ3n) is 5.96. The maximum Gasteiger partial charge on any atom is 0.276 e. The summed E-state index contributed by atoms with van der Waals surface area (Å²) >= 11 is 6.00. The highest BCUT2D eigenvalue weighted by atomic mass is 35.5. The van der Waals surface area contributed by atoms with Crippen LogP contribution in [0, 0.1) is 13.8 Å². The van der Waals surface area contributed by atoms with Crippen molar-refractivity contribution in [2.24, 2.45) is 0 Å². The van der Waals surface area contributed by atoms with Crippen molar-refractivity contribution in [1.82, 2.24) is 19.7 Å². The van der Waals surface area contributed by atoms with E-state index in [9.17, 15) is 9.59 Å². The molecule has 4 rings (SSSR count).